The zero-order valence-corrected chi connectivity index (χ0v) is 5.92. The van der Waals surface area contributed by atoms with Crippen molar-refractivity contribution in [1.29, 1.82) is 0 Å². The molecule has 0 spiro atoms. The molecular weight excluding hydrogens is 149 g/mol. The molecule has 0 aromatic carbocycles. The Hall–Kier alpha value is 0.719. The van der Waals surface area contributed by atoms with Crippen molar-refractivity contribution in [2.75, 3.05) is 0 Å². The molecule has 0 amide bonds. The molecule has 6 heavy (non-hydrogen) atoms. The average Bonchev–Trinajstić information content (AvgIpc) is 0.811. The van der Waals surface area contributed by atoms with Gasteiger partial charge in [-0.15, -0.1) is 0 Å². The van der Waals surface area contributed by atoms with Gasteiger partial charge in [-0.05, 0) is 0 Å². The van der Waals surface area contributed by atoms with E-state index in [2.05, 4.69) is 0 Å². The maximum Gasteiger partial charge on any atom is 1.00 e. The smallest absolute Gasteiger partial charge is 0.356 e. The summed E-state index contributed by atoms with van der Waals surface area (Å²) in [6.07, 6.45) is 0. The van der Waals surface area contributed by atoms with Gasteiger partial charge in [0.15, 0.2) is 0 Å². The minimum absolute atomic E-state index is 0. The molecule has 0 saturated carbocycles. The van der Waals surface area contributed by atoms with E-state index < -0.39 is 5.09 Å². The molecule has 0 rings (SSSR count). The Bertz CT molecular complexity index is 33.8. The Morgan fingerprint density at radius 1 is 1.33 bits per heavy atom. The van der Waals surface area contributed by atoms with E-state index in [1.54, 1.807) is 0 Å². The second-order valence-electron chi connectivity index (χ2n) is 0.224. The van der Waals surface area contributed by atoms with Crippen LogP contribution in [0, 0.1) is 15.3 Å². The fraction of sp³-hybridized carbons (Fsp3) is 0. The summed E-state index contributed by atoms with van der Waals surface area (Å²) in [5.41, 5.74) is 0. The summed E-state index contributed by atoms with van der Waals surface area (Å²) in [6.45, 7) is 0. The van der Waals surface area contributed by atoms with Crippen LogP contribution in [-0.4, -0.2) is 5.09 Å². The maximum atomic E-state index is 8.25. The quantitative estimate of drug-likeness (QED) is 0.206. The van der Waals surface area contributed by atoms with Crippen LogP contribution in [0.3, 0.4) is 0 Å². The van der Waals surface area contributed by atoms with Gasteiger partial charge in [-0.2, -0.15) is 0 Å². The molecule has 0 fully saturated rings. The molecule has 0 saturated heterocycles. The van der Waals surface area contributed by atoms with Crippen LogP contribution in [-0.2, 0) is 17.1 Å². The summed E-state index contributed by atoms with van der Waals surface area (Å²) in [6, 6.07) is 0. The summed E-state index contributed by atoms with van der Waals surface area (Å²) in [7, 11) is 0. The molecule has 0 atom stereocenters. The first-order chi connectivity index (χ1) is 1.73. The fourth-order valence-corrected chi connectivity index (χ4v) is 0. The maximum absolute atomic E-state index is 8.25. The molecule has 0 heterocycles. The standard InChI is InChI=1S/Cu.NO3.Na/c;2-1(3)4;/q;-1;+1. The Balaban J connectivity index is -0.0000000450. The summed E-state index contributed by atoms with van der Waals surface area (Å²) in [4.78, 5) is 8.25. The van der Waals surface area contributed by atoms with Gasteiger partial charge >= 0.3 is 29.6 Å². The monoisotopic (exact) mass is 148 g/mol. The fourth-order valence-electron chi connectivity index (χ4n) is 0. The van der Waals surface area contributed by atoms with Crippen LogP contribution in [0.2, 0.25) is 0 Å². The van der Waals surface area contributed by atoms with Crippen molar-refractivity contribution in [2.24, 2.45) is 0 Å². The van der Waals surface area contributed by atoms with Crippen LogP contribution < -0.4 is 29.6 Å². The molecule has 0 aromatic heterocycles. The largest absolute Gasteiger partial charge is 1.00 e. The first kappa shape index (κ1) is 15.9. The minimum Gasteiger partial charge on any atom is -0.356 e. The van der Waals surface area contributed by atoms with Crippen molar-refractivity contribution in [1.82, 2.24) is 0 Å². The normalized spacial score (nSPS) is 4.00. The number of hydrogen-bond donors (Lipinski definition) is 0. The third-order valence-electron chi connectivity index (χ3n) is 0. The van der Waals surface area contributed by atoms with Crippen LogP contribution >= 0.6 is 0 Å². The van der Waals surface area contributed by atoms with E-state index in [1.165, 1.54) is 0 Å². The van der Waals surface area contributed by atoms with Gasteiger partial charge in [-0.3, -0.25) is 0 Å². The molecule has 4 nitrogen and oxygen atoms in total. The Morgan fingerprint density at radius 2 is 1.33 bits per heavy atom. The molecule has 35 valence electrons. The molecule has 0 N–H and O–H groups in total. The first-order valence-electron chi connectivity index (χ1n) is 0.548. The molecular formula is CuNNaO3. The van der Waals surface area contributed by atoms with Gasteiger partial charge in [0.05, 0.1) is 5.09 Å². The SMILES string of the molecule is O=[N+]([O-])[O-].[Cu].[Na+]. The third kappa shape index (κ3) is 126. The van der Waals surface area contributed by atoms with Crippen molar-refractivity contribution in [3.8, 4) is 0 Å². The third-order valence-corrected chi connectivity index (χ3v) is 0. The van der Waals surface area contributed by atoms with Crippen molar-refractivity contribution in [3.05, 3.63) is 15.3 Å². The van der Waals surface area contributed by atoms with E-state index in [4.69, 9.17) is 15.3 Å². The Labute approximate surface area is 66.8 Å². The van der Waals surface area contributed by atoms with Gasteiger partial charge in [-0.25, -0.2) is 0 Å². The second kappa shape index (κ2) is 9.21. The van der Waals surface area contributed by atoms with Gasteiger partial charge in [0.2, 0.25) is 0 Å². The average molecular weight is 149 g/mol. The molecule has 0 bridgehead atoms. The number of hydrogen-bond acceptors (Lipinski definition) is 3. The molecule has 1 radical (unpaired) electrons. The summed E-state index contributed by atoms with van der Waals surface area (Å²) in [5, 5.41) is 14.8. The van der Waals surface area contributed by atoms with Gasteiger partial charge < -0.3 is 15.3 Å². The van der Waals surface area contributed by atoms with Crippen molar-refractivity contribution in [2.45, 2.75) is 0 Å². The van der Waals surface area contributed by atoms with Crippen molar-refractivity contribution >= 4 is 0 Å². The van der Waals surface area contributed by atoms with Crippen molar-refractivity contribution < 1.29 is 51.7 Å². The second-order valence-corrected chi connectivity index (χ2v) is 0.224. The summed E-state index contributed by atoms with van der Waals surface area (Å²) in [5.74, 6) is 0. The van der Waals surface area contributed by atoms with Gasteiger partial charge in [0.25, 0.3) is 0 Å². The van der Waals surface area contributed by atoms with Gasteiger partial charge in [-0.1, -0.05) is 0 Å². The van der Waals surface area contributed by atoms with Crippen LogP contribution in [0.5, 0.6) is 0 Å². The first-order valence-corrected chi connectivity index (χ1v) is 0.548. The molecule has 0 aliphatic carbocycles. The molecule has 6 heteroatoms. The predicted molar refractivity (Wildman–Crippen MR) is 10.4 cm³/mol. The number of rotatable bonds is 0. The van der Waals surface area contributed by atoms with Crippen LogP contribution in [0.1, 0.15) is 0 Å². The predicted octanol–water partition coefficient (Wildman–Crippen LogP) is -3.24. The Kier molecular flexibility index (Phi) is 24.4. The van der Waals surface area contributed by atoms with Crippen LogP contribution in [0.15, 0.2) is 0 Å². The zero-order valence-electron chi connectivity index (χ0n) is 2.97. The number of nitrogens with zero attached hydrogens (tertiary/aromatic N) is 1. The van der Waals surface area contributed by atoms with E-state index >= 15 is 0 Å². The van der Waals surface area contributed by atoms with E-state index in [9.17, 15) is 0 Å². The molecule has 0 aromatic rings. The molecule has 0 aliphatic heterocycles. The summed E-state index contributed by atoms with van der Waals surface area (Å²) < 4.78 is 0. The van der Waals surface area contributed by atoms with E-state index in [0.29, 0.717) is 0 Å². The zero-order chi connectivity index (χ0) is 3.58. The topological polar surface area (TPSA) is 66.2 Å². The van der Waals surface area contributed by atoms with E-state index in [-0.39, 0.29) is 46.6 Å². The van der Waals surface area contributed by atoms with Crippen LogP contribution in [0.25, 0.3) is 0 Å². The van der Waals surface area contributed by atoms with E-state index in [0.717, 1.165) is 0 Å². The molecule has 0 unspecified atom stereocenters. The minimum atomic E-state index is -1.75. The van der Waals surface area contributed by atoms with E-state index in [1.807, 2.05) is 0 Å². The summed E-state index contributed by atoms with van der Waals surface area (Å²) >= 11 is 0. The molecule has 0 aliphatic rings. The van der Waals surface area contributed by atoms with Crippen LogP contribution in [0.4, 0.5) is 0 Å². The van der Waals surface area contributed by atoms with Gasteiger partial charge in [0.1, 0.15) is 0 Å². The Morgan fingerprint density at radius 3 is 1.33 bits per heavy atom. The van der Waals surface area contributed by atoms with Gasteiger partial charge in [0, 0.05) is 17.1 Å². The van der Waals surface area contributed by atoms with Crippen molar-refractivity contribution in [3.63, 3.8) is 0 Å².